The van der Waals surface area contributed by atoms with Crippen LogP contribution >= 0.6 is 0 Å². The molecule has 0 bridgehead atoms. The second kappa shape index (κ2) is 11.7. The summed E-state index contributed by atoms with van der Waals surface area (Å²) in [6.45, 7) is 3.99. The molecule has 2 aromatic carbocycles. The third-order valence-electron chi connectivity index (χ3n) is 8.30. The van der Waals surface area contributed by atoms with E-state index >= 15 is 0 Å². The molecule has 0 saturated heterocycles. The van der Waals surface area contributed by atoms with Gasteiger partial charge in [0.05, 0.1) is 17.6 Å². The summed E-state index contributed by atoms with van der Waals surface area (Å²) in [5.74, 6) is 0.812. The highest BCUT2D eigenvalue weighted by Gasteiger charge is 2.29. The molecule has 2 aliphatic carbocycles. The zero-order chi connectivity index (χ0) is 27.4. The molecule has 39 heavy (non-hydrogen) atoms. The Morgan fingerprint density at radius 2 is 1.62 bits per heavy atom. The lowest BCUT2D eigenvalue weighted by molar-refractivity contribution is -0.128. The number of aromatic nitrogens is 1. The van der Waals surface area contributed by atoms with E-state index in [9.17, 15) is 9.59 Å². The minimum absolute atomic E-state index is 0.0139. The number of carbonyl (C=O) groups is 2. The van der Waals surface area contributed by atoms with Gasteiger partial charge in [-0.25, -0.2) is 0 Å². The van der Waals surface area contributed by atoms with Crippen molar-refractivity contribution in [2.75, 3.05) is 5.32 Å². The predicted octanol–water partition coefficient (Wildman–Crippen LogP) is 6.41. The SMILES string of the molecule is CC(C)(N)c1ccc(-c2ncc(NC(=O)C[C@H]3CC[C@H](NC(=O)C4CCC4)CC3)cc2-c2ccccc2)cc1. The Morgan fingerprint density at radius 3 is 2.23 bits per heavy atom. The Kier molecular flexibility index (Phi) is 8.12. The van der Waals surface area contributed by atoms with Gasteiger partial charge in [-0.2, -0.15) is 0 Å². The molecule has 3 aromatic rings. The van der Waals surface area contributed by atoms with Crippen molar-refractivity contribution in [3.63, 3.8) is 0 Å². The summed E-state index contributed by atoms with van der Waals surface area (Å²) in [7, 11) is 0. The highest BCUT2D eigenvalue weighted by Crippen LogP contribution is 2.34. The number of hydrogen-bond acceptors (Lipinski definition) is 4. The number of benzene rings is 2. The number of rotatable bonds is 8. The molecule has 0 aliphatic heterocycles. The first kappa shape index (κ1) is 27.1. The Hall–Kier alpha value is -3.51. The summed E-state index contributed by atoms with van der Waals surface area (Å²) >= 11 is 0. The zero-order valence-electron chi connectivity index (χ0n) is 23.1. The Labute approximate surface area is 231 Å². The number of nitrogens with one attached hydrogen (secondary N) is 2. The minimum atomic E-state index is -0.411. The monoisotopic (exact) mass is 524 g/mol. The van der Waals surface area contributed by atoms with Gasteiger partial charge in [0.2, 0.25) is 11.8 Å². The van der Waals surface area contributed by atoms with Crippen LogP contribution in [0.3, 0.4) is 0 Å². The standard InChI is InChI=1S/C33H40N4O2/c1-33(2,34)26-15-13-24(14-16-26)31-29(23-7-4-3-5-8-23)20-28(21-35-31)36-30(38)19-22-11-17-27(18-12-22)37-32(39)25-9-6-10-25/h3-5,7-8,13-16,20-22,25,27H,6,9-12,17-19,34H2,1-2H3,(H,36,38)(H,37,39)/t22-,27-. The number of anilines is 1. The fourth-order valence-electron chi connectivity index (χ4n) is 5.63. The van der Waals surface area contributed by atoms with Gasteiger partial charge in [0.25, 0.3) is 0 Å². The number of nitrogens with two attached hydrogens (primary N) is 1. The molecule has 6 heteroatoms. The summed E-state index contributed by atoms with van der Waals surface area (Å²) in [6.07, 6.45) is 9.29. The summed E-state index contributed by atoms with van der Waals surface area (Å²) in [4.78, 5) is 30.1. The number of nitrogens with zero attached hydrogens (tertiary/aromatic N) is 1. The van der Waals surface area contributed by atoms with Crippen LogP contribution in [0.15, 0.2) is 66.9 Å². The molecule has 204 valence electrons. The van der Waals surface area contributed by atoms with E-state index in [2.05, 4.69) is 47.0 Å². The molecular formula is C33H40N4O2. The van der Waals surface area contributed by atoms with E-state index in [1.165, 1.54) is 6.42 Å². The zero-order valence-corrected chi connectivity index (χ0v) is 23.1. The van der Waals surface area contributed by atoms with Crippen LogP contribution in [-0.4, -0.2) is 22.8 Å². The molecule has 0 atom stereocenters. The fourth-order valence-corrected chi connectivity index (χ4v) is 5.63. The predicted molar refractivity (Wildman–Crippen MR) is 157 cm³/mol. The van der Waals surface area contributed by atoms with Crippen molar-refractivity contribution in [2.45, 2.75) is 76.8 Å². The summed E-state index contributed by atoms with van der Waals surface area (Å²) in [5, 5.41) is 6.32. The van der Waals surface area contributed by atoms with E-state index in [0.717, 1.165) is 66.5 Å². The van der Waals surface area contributed by atoms with Gasteiger partial charge in [-0.1, -0.05) is 61.0 Å². The van der Waals surface area contributed by atoms with Crippen molar-refractivity contribution in [3.8, 4) is 22.4 Å². The van der Waals surface area contributed by atoms with Crippen LogP contribution in [0.2, 0.25) is 0 Å². The molecule has 2 fully saturated rings. The second-order valence-corrected chi connectivity index (χ2v) is 11.9. The van der Waals surface area contributed by atoms with Crippen LogP contribution in [0.25, 0.3) is 22.4 Å². The van der Waals surface area contributed by atoms with Gasteiger partial charge in [-0.3, -0.25) is 14.6 Å². The topological polar surface area (TPSA) is 97.1 Å². The Morgan fingerprint density at radius 1 is 0.923 bits per heavy atom. The number of amides is 2. The van der Waals surface area contributed by atoms with Crippen LogP contribution in [0, 0.1) is 11.8 Å². The average Bonchev–Trinajstić information content (AvgIpc) is 2.89. The molecule has 2 saturated carbocycles. The molecule has 6 nitrogen and oxygen atoms in total. The van der Waals surface area contributed by atoms with E-state index in [4.69, 9.17) is 10.7 Å². The fraction of sp³-hybridized carbons (Fsp3) is 0.424. The maximum absolute atomic E-state index is 13.0. The van der Waals surface area contributed by atoms with Gasteiger partial charge in [-0.05, 0) is 75.5 Å². The van der Waals surface area contributed by atoms with Crippen LogP contribution in [0.5, 0.6) is 0 Å². The maximum atomic E-state index is 13.0. The largest absolute Gasteiger partial charge is 0.353 e. The molecule has 1 aromatic heterocycles. The smallest absolute Gasteiger partial charge is 0.224 e. The molecule has 0 unspecified atom stereocenters. The first-order chi connectivity index (χ1) is 18.8. The van der Waals surface area contributed by atoms with Crippen LogP contribution in [0.1, 0.15) is 70.8 Å². The Balaban J connectivity index is 1.24. The van der Waals surface area contributed by atoms with Crippen molar-refractivity contribution in [2.24, 2.45) is 17.6 Å². The van der Waals surface area contributed by atoms with E-state index < -0.39 is 5.54 Å². The van der Waals surface area contributed by atoms with Crippen molar-refractivity contribution in [1.29, 1.82) is 0 Å². The molecule has 2 amide bonds. The first-order valence-electron chi connectivity index (χ1n) is 14.3. The average molecular weight is 525 g/mol. The summed E-state index contributed by atoms with van der Waals surface area (Å²) in [5.41, 5.74) is 11.5. The lowest BCUT2D eigenvalue weighted by Crippen LogP contribution is -2.42. The third-order valence-corrected chi connectivity index (χ3v) is 8.30. The van der Waals surface area contributed by atoms with Gasteiger partial charge in [0.15, 0.2) is 0 Å². The van der Waals surface area contributed by atoms with Crippen molar-refractivity contribution in [1.82, 2.24) is 10.3 Å². The molecule has 5 rings (SSSR count). The van der Waals surface area contributed by atoms with E-state index in [-0.39, 0.29) is 23.8 Å². The van der Waals surface area contributed by atoms with Gasteiger partial charge < -0.3 is 16.4 Å². The number of carbonyl (C=O) groups excluding carboxylic acids is 2. The highest BCUT2D eigenvalue weighted by atomic mass is 16.2. The minimum Gasteiger partial charge on any atom is -0.353 e. The van der Waals surface area contributed by atoms with Crippen LogP contribution < -0.4 is 16.4 Å². The molecule has 0 radical (unpaired) electrons. The first-order valence-corrected chi connectivity index (χ1v) is 14.3. The van der Waals surface area contributed by atoms with E-state index in [1.807, 2.05) is 38.1 Å². The quantitative estimate of drug-likeness (QED) is 0.317. The second-order valence-electron chi connectivity index (χ2n) is 11.9. The molecular weight excluding hydrogens is 484 g/mol. The number of hydrogen-bond donors (Lipinski definition) is 3. The van der Waals surface area contributed by atoms with Crippen LogP contribution in [0.4, 0.5) is 5.69 Å². The van der Waals surface area contributed by atoms with Crippen molar-refractivity contribution in [3.05, 3.63) is 72.4 Å². The molecule has 4 N–H and O–H groups in total. The normalized spacial score (nSPS) is 19.7. The molecule has 0 spiro atoms. The van der Waals surface area contributed by atoms with Crippen molar-refractivity contribution >= 4 is 17.5 Å². The molecule has 1 heterocycles. The van der Waals surface area contributed by atoms with Gasteiger partial charge >= 0.3 is 0 Å². The van der Waals surface area contributed by atoms with E-state index in [0.29, 0.717) is 18.0 Å². The lowest BCUT2D eigenvalue weighted by atomic mass is 9.82. The summed E-state index contributed by atoms with van der Waals surface area (Å²) in [6, 6.07) is 20.6. The highest BCUT2D eigenvalue weighted by molar-refractivity contribution is 5.93. The lowest BCUT2D eigenvalue weighted by Gasteiger charge is -2.32. The third kappa shape index (κ3) is 6.74. The van der Waals surface area contributed by atoms with Gasteiger partial charge in [-0.15, -0.1) is 0 Å². The van der Waals surface area contributed by atoms with E-state index in [1.54, 1.807) is 6.20 Å². The van der Waals surface area contributed by atoms with Gasteiger partial charge in [0.1, 0.15) is 0 Å². The van der Waals surface area contributed by atoms with Crippen LogP contribution in [-0.2, 0) is 15.1 Å². The van der Waals surface area contributed by atoms with Crippen molar-refractivity contribution < 1.29 is 9.59 Å². The summed E-state index contributed by atoms with van der Waals surface area (Å²) < 4.78 is 0. The number of pyridine rings is 1. The maximum Gasteiger partial charge on any atom is 0.224 e. The van der Waals surface area contributed by atoms with Gasteiger partial charge in [0, 0.05) is 35.0 Å². The Bertz CT molecular complexity index is 1290. The molecule has 2 aliphatic rings.